The van der Waals surface area contributed by atoms with Gasteiger partial charge in [-0.15, -0.1) is 0 Å². The number of nitrogen functional groups attached to an aromatic ring is 1. The number of unbranched alkanes of at least 4 members (excludes halogenated alkanes) is 1. The summed E-state index contributed by atoms with van der Waals surface area (Å²) in [6.07, 6.45) is 3.07. The average molecular weight is 253 g/mol. The van der Waals surface area contributed by atoms with Crippen LogP contribution < -0.4 is 11.1 Å². The minimum absolute atomic E-state index is 0.0447. The second-order valence-electron chi connectivity index (χ2n) is 4.31. The average Bonchev–Trinajstić information content (AvgIpc) is 2.24. The molecule has 0 amide bonds. The maximum absolute atomic E-state index is 11.0. The maximum atomic E-state index is 11.0. The predicted octanol–water partition coefficient (Wildman–Crippen LogP) is 2.27. The molecule has 1 aromatic rings. The van der Waals surface area contributed by atoms with Gasteiger partial charge in [-0.1, -0.05) is 19.8 Å². The number of nitrogens with two attached hydrogens (primary N) is 1. The van der Waals surface area contributed by atoms with Gasteiger partial charge in [0.25, 0.3) is 0 Å². The summed E-state index contributed by atoms with van der Waals surface area (Å²) in [6.45, 7) is 5.62. The summed E-state index contributed by atoms with van der Waals surface area (Å²) in [4.78, 5) is 18.2. The van der Waals surface area contributed by atoms with Crippen LogP contribution in [0.1, 0.15) is 38.8 Å². The van der Waals surface area contributed by atoms with Crippen molar-refractivity contribution in [2.24, 2.45) is 0 Å². The lowest BCUT2D eigenvalue weighted by Crippen LogP contribution is -2.18. The van der Waals surface area contributed by atoms with Crippen LogP contribution in [0.5, 0.6) is 0 Å². The molecular formula is C11H19N5O2. The Morgan fingerprint density at radius 2 is 2.17 bits per heavy atom. The Bertz CT molecular complexity index is 436. The summed E-state index contributed by atoms with van der Waals surface area (Å²) in [5.41, 5.74) is 5.69. The Balaban J connectivity index is 2.96. The molecule has 1 rings (SSSR count). The molecule has 1 atom stereocenters. The van der Waals surface area contributed by atoms with Gasteiger partial charge in [-0.25, -0.2) is 4.98 Å². The van der Waals surface area contributed by atoms with E-state index in [4.69, 9.17) is 5.73 Å². The number of nitro groups is 1. The molecule has 1 unspecified atom stereocenters. The van der Waals surface area contributed by atoms with E-state index < -0.39 is 4.92 Å². The van der Waals surface area contributed by atoms with E-state index in [0.717, 1.165) is 19.3 Å². The van der Waals surface area contributed by atoms with Gasteiger partial charge < -0.3 is 11.1 Å². The standard InChI is InChI=1S/C11H19N5O2/c1-4-5-6-7(2)13-10-9(16(17)18)8(3)14-11(12)15-10/h7H,4-6H2,1-3H3,(H3,12,13,14,15). The minimum Gasteiger partial charge on any atom is -0.368 e. The smallest absolute Gasteiger partial charge is 0.332 e. The second-order valence-corrected chi connectivity index (χ2v) is 4.31. The van der Waals surface area contributed by atoms with Gasteiger partial charge in [-0.2, -0.15) is 4.98 Å². The molecule has 3 N–H and O–H groups in total. The molecule has 0 spiro atoms. The monoisotopic (exact) mass is 253 g/mol. The van der Waals surface area contributed by atoms with E-state index in [0.29, 0.717) is 0 Å². The zero-order valence-electron chi connectivity index (χ0n) is 10.9. The van der Waals surface area contributed by atoms with Crippen molar-refractivity contribution in [1.82, 2.24) is 9.97 Å². The largest absolute Gasteiger partial charge is 0.368 e. The van der Waals surface area contributed by atoms with Crippen molar-refractivity contribution in [2.75, 3.05) is 11.1 Å². The first-order chi connectivity index (χ1) is 8.45. The molecule has 18 heavy (non-hydrogen) atoms. The van der Waals surface area contributed by atoms with Crippen molar-refractivity contribution in [1.29, 1.82) is 0 Å². The van der Waals surface area contributed by atoms with Gasteiger partial charge in [0, 0.05) is 6.04 Å². The minimum atomic E-state index is -0.482. The molecule has 0 aliphatic heterocycles. The molecule has 0 fully saturated rings. The number of aromatic nitrogens is 2. The quantitative estimate of drug-likeness (QED) is 0.594. The van der Waals surface area contributed by atoms with E-state index in [-0.39, 0.29) is 29.2 Å². The van der Waals surface area contributed by atoms with Gasteiger partial charge in [-0.3, -0.25) is 10.1 Å². The highest BCUT2D eigenvalue weighted by atomic mass is 16.6. The first-order valence-electron chi connectivity index (χ1n) is 6.00. The van der Waals surface area contributed by atoms with Crippen LogP contribution in [0.3, 0.4) is 0 Å². The summed E-state index contributed by atoms with van der Waals surface area (Å²) in [6, 6.07) is 0.109. The molecule has 1 aromatic heterocycles. The van der Waals surface area contributed by atoms with E-state index in [1.54, 1.807) is 6.92 Å². The zero-order chi connectivity index (χ0) is 13.7. The third-order valence-corrected chi connectivity index (χ3v) is 2.63. The first-order valence-corrected chi connectivity index (χ1v) is 6.00. The lowest BCUT2D eigenvalue weighted by molar-refractivity contribution is -0.385. The highest BCUT2D eigenvalue weighted by Crippen LogP contribution is 2.26. The topological polar surface area (TPSA) is 107 Å². The third-order valence-electron chi connectivity index (χ3n) is 2.63. The van der Waals surface area contributed by atoms with Crippen molar-refractivity contribution in [3.63, 3.8) is 0 Å². The van der Waals surface area contributed by atoms with Crippen molar-refractivity contribution < 1.29 is 4.92 Å². The van der Waals surface area contributed by atoms with E-state index in [9.17, 15) is 10.1 Å². The first kappa shape index (κ1) is 14.1. The van der Waals surface area contributed by atoms with Crippen LogP contribution in [0, 0.1) is 17.0 Å². The van der Waals surface area contributed by atoms with E-state index in [1.165, 1.54) is 0 Å². The summed E-state index contributed by atoms with van der Waals surface area (Å²) in [5, 5.41) is 14.0. The van der Waals surface area contributed by atoms with Crippen molar-refractivity contribution in [2.45, 2.75) is 46.1 Å². The van der Waals surface area contributed by atoms with Gasteiger partial charge in [0.1, 0.15) is 5.69 Å². The molecule has 100 valence electrons. The molecule has 0 aliphatic rings. The molecule has 0 saturated heterocycles. The van der Waals surface area contributed by atoms with Crippen LogP contribution in [-0.2, 0) is 0 Å². The van der Waals surface area contributed by atoms with Crippen molar-refractivity contribution in [3.05, 3.63) is 15.8 Å². The van der Waals surface area contributed by atoms with E-state index in [1.807, 2.05) is 6.92 Å². The van der Waals surface area contributed by atoms with Crippen molar-refractivity contribution >= 4 is 17.5 Å². The Hall–Kier alpha value is -1.92. The number of rotatable bonds is 6. The summed E-state index contributed by atoms with van der Waals surface area (Å²) in [5.74, 6) is 0.247. The molecule has 0 saturated carbocycles. The van der Waals surface area contributed by atoms with Crippen LogP contribution in [0.4, 0.5) is 17.5 Å². The third kappa shape index (κ3) is 3.54. The van der Waals surface area contributed by atoms with Gasteiger partial charge in [0.15, 0.2) is 0 Å². The van der Waals surface area contributed by atoms with Crippen LogP contribution in [0.2, 0.25) is 0 Å². The number of nitrogens with zero attached hydrogens (tertiary/aromatic N) is 3. The molecule has 0 aliphatic carbocycles. The maximum Gasteiger partial charge on any atom is 0.332 e. The lowest BCUT2D eigenvalue weighted by atomic mass is 10.1. The SMILES string of the molecule is CCCCC(C)Nc1nc(N)nc(C)c1[N+](=O)[O-]. The van der Waals surface area contributed by atoms with Crippen LogP contribution >= 0.6 is 0 Å². The molecular weight excluding hydrogens is 234 g/mol. The van der Waals surface area contributed by atoms with Crippen LogP contribution in [0.15, 0.2) is 0 Å². The summed E-state index contributed by atoms with van der Waals surface area (Å²) < 4.78 is 0. The Morgan fingerprint density at radius 1 is 1.50 bits per heavy atom. The van der Waals surface area contributed by atoms with Crippen molar-refractivity contribution in [3.8, 4) is 0 Å². The fraction of sp³-hybridized carbons (Fsp3) is 0.636. The number of anilines is 2. The number of hydrogen-bond donors (Lipinski definition) is 2. The van der Waals surface area contributed by atoms with E-state index in [2.05, 4.69) is 22.2 Å². The molecule has 7 heteroatoms. The highest BCUT2D eigenvalue weighted by molar-refractivity contribution is 5.60. The number of nitrogens with one attached hydrogen (secondary N) is 1. The fourth-order valence-electron chi connectivity index (χ4n) is 1.72. The van der Waals surface area contributed by atoms with Gasteiger partial charge >= 0.3 is 5.69 Å². The molecule has 0 radical (unpaired) electrons. The summed E-state index contributed by atoms with van der Waals surface area (Å²) >= 11 is 0. The Kier molecular flexibility index (Phi) is 4.82. The fourth-order valence-corrected chi connectivity index (χ4v) is 1.72. The Labute approximate surface area is 106 Å². The zero-order valence-corrected chi connectivity index (χ0v) is 10.9. The van der Waals surface area contributed by atoms with Crippen LogP contribution in [0.25, 0.3) is 0 Å². The van der Waals surface area contributed by atoms with Crippen LogP contribution in [-0.4, -0.2) is 20.9 Å². The number of hydrogen-bond acceptors (Lipinski definition) is 6. The predicted molar refractivity (Wildman–Crippen MR) is 70.4 cm³/mol. The normalized spacial score (nSPS) is 12.2. The Morgan fingerprint density at radius 3 is 2.72 bits per heavy atom. The van der Waals surface area contributed by atoms with Gasteiger partial charge in [0.05, 0.1) is 4.92 Å². The highest BCUT2D eigenvalue weighted by Gasteiger charge is 2.22. The summed E-state index contributed by atoms with van der Waals surface area (Å²) in [7, 11) is 0. The second kappa shape index (κ2) is 6.13. The number of aryl methyl sites for hydroxylation is 1. The molecule has 0 aromatic carbocycles. The van der Waals surface area contributed by atoms with E-state index >= 15 is 0 Å². The lowest BCUT2D eigenvalue weighted by Gasteiger charge is -2.14. The molecule has 0 bridgehead atoms. The molecule has 7 nitrogen and oxygen atoms in total. The van der Waals surface area contributed by atoms with Gasteiger partial charge in [-0.05, 0) is 20.3 Å². The van der Waals surface area contributed by atoms with Gasteiger partial charge in [0.2, 0.25) is 11.8 Å². The molecule has 1 heterocycles.